The van der Waals surface area contributed by atoms with Crippen molar-refractivity contribution in [3.8, 4) is 16.4 Å². The van der Waals surface area contributed by atoms with Crippen molar-refractivity contribution in [3.05, 3.63) is 53.7 Å². The second kappa shape index (κ2) is 7.39. The molecule has 0 spiro atoms. The average Bonchev–Trinajstić information content (AvgIpc) is 3.34. The molecule has 0 radical (unpaired) electrons. The number of benzene rings is 1. The number of hydrogen-bond donors (Lipinski definition) is 2. The number of rotatable bonds is 4. The second-order valence-electron chi connectivity index (χ2n) is 6.45. The van der Waals surface area contributed by atoms with E-state index >= 15 is 0 Å². The Morgan fingerprint density at radius 3 is 2.85 bits per heavy atom. The van der Waals surface area contributed by atoms with Gasteiger partial charge in [0.05, 0.1) is 10.6 Å². The summed E-state index contributed by atoms with van der Waals surface area (Å²) in [5.74, 6) is 0.666. The van der Waals surface area contributed by atoms with E-state index in [-0.39, 0.29) is 23.8 Å². The standard InChI is InChI=1S/C19H21N5OS/c1-13-15(9-5-11-20-13)21-19(25)17-22-18(16-10-6-12-26-16)24(23-17)14-7-3-2-4-8-14/h2-4,6-8,10,12-13,15,20H,5,9,11H2,1H3,(H,21,25). The highest BCUT2D eigenvalue weighted by molar-refractivity contribution is 7.13. The fourth-order valence-corrected chi connectivity index (χ4v) is 3.90. The molecule has 3 heterocycles. The molecule has 0 saturated carbocycles. The zero-order valence-electron chi connectivity index (χ0n) is 14.6. The van der Waals surface area contributed by atoms with Gasteiger partial charge in [0.15, 0.2) is 5.82 Å². The average molecular weight is 367 g/mol. The molecule has 1 aliphatic rings. The Hall–Kier alpha value is -2.51. The predicted molar refractivity (Wildman–Crippen MR) is 103 cm³/mol. The zero-order chi connectivity index (χ0) is 17.9. The van der Waals surface area contributed by atoms with Gasteiger partial charge < -0.3 is 10.6 Å². The highest BCUT2D eigenvalue weighted by Gasteiger charge is 2.26. The normalized spacial score (nSPS) is 20.0. The highest BCUT2D eigenvalue weighted by Crippen LogP contribution is 2.25. The van der Waals surface area contributed by atoms with Gasteiger partial charge in [-0.1, -0.05) is 24.3 Å². The lowest BCUT2D eigenvalue weighted by Gasteiger charge is -2.30. The van der Waals surface area contributed by atoms with E-state index < -0.39 is 0 Å². The van der Waals surface area contributed by atoms with Crippen molar-refractivity contribution in [2.24, 2.45) is 0 Å². The Labute approximate surface area is 156 Å². The van der Waals surface area contributed by atoms with Gasteiger partial charge in [-0.3, -0.25) is 4.79 Å². The van der Waals surface area contributed by atoms with Crippen LogP contribution in [0.1, 0.15) is 30.4 Å². The van der Waals surface area contributed by atoms with E-state index in [1.54, 1.807) is 16.0 Å². The van der Waals surface area contributed by atoms with Gasteiger partial charge in [-0.15, -0.1) is 16.4 Å². The number of carbonyl (C=O) groups excluding carboxylic acids is 1. The molecule has 3 aromatic rings. The first kappa shape index (κ1) is 16.9. The number of thiophene rings is 1. The molecular weight excluding hydrogens is 346 g/mol. The van der Waals surface area contributed by atoms with Crippen LogP contribution in [-0.4, -0.2) is 39.3 Å². The third kappa shape index (κ3) is 3.40. The first-order valence-electron chi connectivity index (χ1n) is 8.83. The summed E-state index contributed by atoms with van der Waals surface area (Å²) >= 11 is 1.58. The van der Waals surface area contributed by atoms with Gasteiger partial charge in [0, 0.05) is 12.1 Å². The number of piperidine rings is 1. The van der Waals surface area contributed by atoms with Crippen LogP contribution in [-0.2, 0) is 0 Å². The van der Waals surface area contributed by atoms with E-state index in [0.717, 1.165) is 30.0 Å². The molecule has 2 aromatic heterocycles. The van der Waals surface area contributed by atoms with Crippen LogP contribution in [0.3, 0.4) is 0 Å². The van der Waals surface area contributed by atoms with E-state index in [2.05, 4.69) is 27.6 Å². The van der Waals surface area contributed by atoms with Gasteiger partial charge in [-0.25, -0.2) is 9.67 Å². The van der Waals surface area contributed by atoms with Crippen LogP contribution in [0.25, 0.3) is 16.4 Å². The molecule has 1 aliphatic heterocycles. The fraction of sp³-hybridized carbons (Fsp3) is 0.316. The molecule has 0 bridgehead atoms. The molecule has 0 aliphatic carbocycles. The Morgan fingerprint density at radius 1 is 1.27 bits per heavy atom. The SMILES string of the molecule is CC1NCCCC1NC(=O)c1nc(-c2cccs2)n(-c2ccccc2)n1. The van der Waals surface area contributed by atoms with Crippen LogP contribution in [0.5, 0.6) is 0 Å². The fourth-order valence-electron chi connectivity index (χ4n) is 3.20. The number of nitrogens with one attached hydrogen (secondary N) is 2. The topological polar surface area (TPSA) is 71.8 Å². The number of para-hydroxylation sites is 1. The first-order chi connectivity index (χ1) is 12.7. The van der Waals surface area contributed by atoms with Crippen molar-refractivity contribution >= 4 is 17.2 Å². The smallest absolute Gasteiger partial charge is 0.291 e. The molecule has 134 valence electrons. The van der Waals surface area contributed by atoms with Gasteiger partial charge in [0.1, 0.15) is 0 Å². The zero-order valence-corrected chi connectivity index (χ0v) is 15.4. The van der Waals surface area contributed by atoms with Gasteiger partial charge in [-0.2, -0.15) is 0 Å². The molecule has 1 amide bonds. The lowest BCUT2D eigenvalue weighted by Crippen LogP contribution is -2.52. The lowest BCUT2D eigenvalue weighted by molar-refractivity contribution is 0.0909. The molecule has 1 fully saturated rings. The minimum atomic E-state index is -0.224. The van der Waals surface area contributed by atoms with E-state index in [4.69, 9.17) is 0 Å². The van der Waals surface area contributed by atoms with Crippen LogP contribution >= 0.6 is 11.3 Å². The van der Waals surface area contributed by atoms with Crippen LogP contribution in [0.2, 0.25) is 0 Å². The molecule has 7 heteroatoms. The summed E-state index contributed by atoms with van der Waals surface area (Å²) < 4.78 is 1.74. The van der Waals surface area contributed by atoms with Crippen LogP contribution < -0.4 is 10.6 Å². The van der Waals surface area contributed by atoms with Crippen LogP contribution in [0.4, 0.5) is 0 Å². The number of nitrogens with zero attached hydrogens (tertiary/aromatic N) is 3. The third-order valence-electron chi connectivity index (χ3n) is 4.63. The van der Waals surface area contributed by atoms with Crippen molar-refractivity contribution in [2.75, 3.05) is 6.54 Å². The molecule has 2 unspecified atom stereocenters. The molecular formula is C19H21N5OS. The second-order valence-corrected chi connectivity index (χ2v) is 7.40. The molecule has 1 aromatic carbocycles. The Kier molecular flexibility index (Phi) is 4.81. The highest BCUT2D eigenvalue weighted by atomic mass is 32.1. The minimum Gasteiger partial charge on any atom is -0.345 e. The maximum absolute atomic E-state index is 12.8. The summed E-state index contributed by atoms with van der Waals surface area (Å²) in [6.07, 6.45) is 2.03. The van der Waals surface area contributed by atoms with E-state index in [1.807, 2.05) is 47.8 Å². The number of carbonyl (C=O) groups is 1. The molecule has 2 atom stereocenters. The number of amides is 1. The lowest BCUT2D eigenvalue weighted by atomic mass is 10.00. The summed E-state index contributed by atoms with van der Waals surface area (Å²) in [6.45, 7) is 3.09. The van der Waals surface area contributed by atoms with Gasteiger partial charge >= 0.3 is 0 Å². The van der Waals surface area contributed by atoms with Crippen LogP contribution in [0, 0.1) is 0 Å². The van der Waals surface area contributed by atoms with Crippen molar-refractivity contribution in [1.82, 2.24) is 25.4 Å². The molecule has 1 saturated heterocycles. The summed E-state index contributed by atoms with van der Waals surface area (Å²) in [7, 11) is 0. The van der Waals surface area contributed by atoms with Gasteiger partial charge in [0.25, 0.3) is 5.91 Å². The first-order valence-corrected chi connectivity index (χ1v) is 9.71. The Morgan fingerprint density at radius 2 is 2.12 bits per heavy atom. The maximum atomic E-state index is 12.8. The van der Waals surface area contributed by atoms with Crippen LogP contribution in [0.15, 0.2) is 47.8 Å². The van der Waals surface area contributed by atoms with Crippen molar-refractivity contribution in [3.63, 3.8) is 0 Å². The minimum absolute atomic E-state index is 0.102. The third-order valence-corrected chi connectivity index (χ3v) is 5.50. The van der Waals surface area contributed by atoms with E-state index in [9.17, 15) is 4.79 Å². The van der Waals surface area contributed by atoms with Crippen molar-refractivity contribution in [1.29, 1.82) is 0 Å². The number of aromatic nitrogens is 3. The molecule has 26 heavy (non-hydrogen) atoms. The predicted octanol–water partition coefficient (Wildman–Crippen LogP) is 2.87. The largest absolute Gasteiger partial charge is 0.345 e. The molecule has 4 rings (SSSR count). The van der Waals surface area contributed by atoms with E-state index in [0.29, 0.717) is 5.82 Å². The molecule has 2 N–H and O–H groups in total. The number of hydrogen-bond acceptors (Lipinski definition) is 5. The van der Waals surface area contributed by atoms with E-state index in [1.165, 1.54) is 0 Å². The Balaban J connectivity index is 1.66. The van der Waals surface area contributed by atoms with Gasteiger partial charge in [-0.05, 0) is 49.9 Å². The summed E-state index contributed by atoms with van der Waals surface area (Å²) in [6, 6.07) is 14.1. The summed E-state index contributed by atoms with van der Waals surface area (Å²) in [5.41, 5.74) is 0.884. The summed E-state index contributed by atoms with van der Waals surface area (Å²) in [4.78, 5) is 18.3. The quantitative estimate of drug-likeness (QED) is 0.744. The molecule has 6 nitrogen and oxygen atoms in total. The maximum Gasteiger partial charge on any atom is 0.291 e. The van der Waals surface area contributed by atoms with Crippen molar-refractivity contribution < 1.29 is 4.79 Å². The van der Waals surface area contributed by atoms with Gasteiger partial charge in [0.2, 0.25) is 5.82 Å². The monoisotopic (exact) mass is 367 g/mol. The van der Waals surface area contributed by atoms with Crippen molar-refractivity contribution in [2.45, 2.75) is 31.8 Å². The Bertz CT molecular complexity index is 875. The summed E-state index contributed by atoms with van der Waals surface area (Å²) in [5, 5.41) is 13.0.